The molecule has 5 heteroatoms. The lowest BCUT2D eigenvalue weighted by molar-refractivity contribution is 0.558. The second-order valence-corrected chi connectivity index (χ2v) is 3.12. The molecule has 0 aromatic heterocycles. The van der Waals surface area contributed by atoms with Crippen LogP contribution in [0.4, 0.5) is 0 Å². The lowest BCUT2D eigenvalue weighted by Crippen LogP contribution is -2.02. The lowest BCUT2D eigenvalue weighted by Gasteiger charge is -2.02. The van der Waals surface area contributed by atoms with E-state index in [4.69, 9.17) is 11.6 Å². The summed E-state index contributed by atoms with van der Waals surface area (Å²) in [5, 5.41) is -0.123. The monoisotopic (exact) mass is 202 g/mol. The van der Waals surface area contributed by atoms with Gasteiger partial charge in [-0.05, 0) is 12.8 Å². The van der Waals surface area contributed by atoms with Crippen LogP contribution in [0.15, 0.2) is 9.98 Å². The van der Waals surface area contributed by atoms with E-state index < -0.39 is 0 Å². The molecule has 0 heterocycles. The normalized spacial score (nSPS) is 11.2. The Labute approximate surface area is 81.7 Å². The molecule has 0 aliphatic carbocycles. The van der Waals surface area contributed by atoms with Crippen molar-refractivity contribution >= 4 is 23.8 Å². The highest BCUT2D eigenvalue weighted by atomic mass is 35.5. The number of isocyanates is 2. The van der Waals surface area contributed by atoms with Gasteiger partial charge in [-0.15, -0.1) is 11.6 Å². The summed E-state index contributed by atoms with van der Waals surface area (Å²) in [6.45, 7) is 0.798. The summed E-state index contributed by atoms with van der Waals surface area (Å²) in [6.07, 6.45) is 5.33. The highest BCUT2D eigenvalue weighted by molar-refractivity contribution is 6.20. The quantitative estimate of drug-likeness (QED) is 0.271. The SMILES string of the molecule is O=C=NCCCCC(Cl)CN=C=O. The van der Waals surface area contributed by atoms with Crippen LogP contribution in [0.2, 0.25) is 0 Å². The van der Waals surface area contributed by atoms with Gasteiger partial charge in [0.1, 0.15) is 0 Å². The molecule has 0 N–H and O–H groups in total. The van der Waals surface area contributed by atoms with Crippen molar-refractivity contribution in [3.63, 3.8) is 0 Å². The molecule has 1 atom stereocenters. The summed E-state index contributed by atoms with van der Waals surface area (Å²) in [5.41, 5.74) is 0. The Balaban J connectivity index is 3.30. The molecule has 0 aliphatic heterocycles. The first-order valence-electron chi connectivity index (χ1n) is 4.02. The molecule has 0 fully saturated rings. The molecule has 0 amide bonds. The molecule has 0 saturated carbocycles. The molecule has 0 saturated heterocycles. The van der Waals surface area contributed by atoms with Crippen molar-refractivity contribution < 1.29 is 9.59 Å². The summed E-state index contributed by atoms with van der Waals surface area (Å²) in [7, 11) is 0. The second kappa shape index (κ2) is 9.14. The first-order valence-corrected chi connectivity index (χ1v) is 4.46. The third-order valence-corrected chi connectivity index (χ3v) is 1.81. The van der Waals surface area contributed by atoms with Crippen molar-refractivity contribution in [2.75, 3.05) is 13.1 Å². The predicted molar refractivity (Wildman–Crippen MR) is 49.5 cm³/mol. The van der Waals surface area contributed by atoms with Gasteiger partial charge in [-0.3, -0.25) is 0 Å². The highest BCUT2D eigenvalue weighted by Gasteiger charge is 2.02. The maximum Gasteiger partial charge on any atom is 0.234 e. The number of rotatable bonds is 7. The number of carbonyl (C=O) groups excluding carboxylic acids is 2. The van der Waals surface area contributed by atoms with Gasteiger partial charge in [0.05, 0.1) is 18.5 Å². The van der Waals surface area contributed by atoms with E-state index in [0.29, 0.717) is 13.1 Å². The minimum atomic E-state index is -0.123. The van der Waals surface area contributed by atoms with Gasteiger partial charge in [-0.2, -0.15) is 0 Å². The summed E-state index contributed by atoms with van der Waals surface area (Å²) in [4.78, 5) is 26.1. The van der Waals surface area contributed by atoms with E-state index in [1.54, 1.807) is 0 Å². The average molecular weight is 203 g/mol. The molecule has 13 heavy (non-hydrogen) atoms. The van der Waals surface area contributed by atoms with Crippen LogP contribution >= 0.6 is 11.6 Å². The minimum absolute atomic E-state index is 0.123. The Kier molecular flexibility index (Phi) is 8.47. The molecule has 0 aromatic rings. The van der Waals surface area contributed by atoms with Crippen molar-refractivity contribution in [2.24, 2.45) is 9.98 Å². The number of hydrogen-bond donors (Lipinski definition) is 0. The van der Waals surface area contributed by atoms with E-state index in [9.17, 15) is 9.59 Å². The summed E-state index contributed by atoms with van der Waals surface area (Å²) < 4.78 is 0. The zero-order valence-electron chi connectivity index (χ0n) is 7.20. The van der Waals surface area contributed by atoms with Crippen LogP contribution in [0.1, 0.15) is 19.3 Å². The first-order chi connectivity index (χ1) is 6.31. The first kappa shape index (κ1) is 12.0. The van der Waals surface area contributed by atoms with Gasteiger partial charge in [-0.1, -0.05) is 6.42 Å². The van der Waals surface area contributed by atoms with Gasteiger partial charge in [-0.25, -0.2) is 19.6 Å². The third kappa shape index (κ3) is 8.96. The van der Waals surface area contributed by atoms with E-state index in [2.05, 4.69) is 9.98 Å². The number of halogens is 1. The third-order valence-electron chi connectivity index (χ3n) is 1.46. The Morgan fingerprint density at radius 1 is 1.15 bits per heavy atom. The van der Waals surface area contributed by atoms with Crippen molar-refractivity contribution in [3.05, 3.63) is 0 Å². The number of unbranched alkanes of at least 4 members (excludes halogenated alkanes) is 1. The maximum atomic E-state index is 9.72. The topological polar surface area (TPSA) is 58.9 Å². The molecule has 0 spiro atoms. The molecular formula is C8H11ClN2O2. The van der Waals surface area contributed by atoms with Crippen LogP contribution in [-0.2, 0) is 9.59 Å². The van der Waals surface area contributed by atoms with Crippen LogP contribution in [0.25, 0.3) is 0 Å². The fraction of sp³-hybridized carbons (Fsp3) is 0.750. The largest absolute Gasteiger partial charge is 0.234 e. The van der Waals surface area contributed by atoms with Crippen molar-refractivity contribution in [2.45, 2.75) is 24.6 Å². The van der Waals surface area contributed by atoms with Gasteiger partial charge in [0.25, 0.3) is 0 Å². The molecule has 0 rings (SSSR count). The number of alkyl halides is 1. The molecule has 4 nitrogen and oxygen atoms in total. The smallest absolute Gasteiger partial charge is 0.211 e. The Morgan fingerprint density at radius 3 is 2.46 bits per heavy atom. The molecule has 0 bridgehead atoms. The van der Waals surface area contributed by atoms with Gasteiger partial charge in [0.2, 0.25) is 12.2 Å². The van der Waals surface area contributed by atoms with Gasteiger partial charge < -0.3 is 0 Å². The average Bonchev–Trinajstić information content (AvgIpc) is 2.14. The van der Waals surface area contributed by atoms with Gasteiger partial charge in [0, 0.05) is 0 Å². The second-order valence-electron chi connectivity index (χ2n) is 2.50. The van der Waals surface area contributed by atoms with E-state index in [0.717, 1.165) is 19.3 Å². The van der Waals surface area contributed by atoms with Crippen LogP contribution in [0, 0.1) is 0 Å². The zero-order valence-corrected chi connectivity index (χ0v) is 7.96. The standard InChI is InChI=1S/C8H11ClN2O2/c9-8(5-11-7-13)3-1-2-4-10-6-12/h8H,1-5H2. The minimum Gasteiger partial charge on any atom is -0.211 e. The Morgan fingerprint density at radius 2 is 1.85 bits per heavy atom. The van der Waals surface area contributed by atoms with Gasteiger partial charge >= 0.3 is 0 Å². The van der Waals surface area contributed by atoms with E-state index >= 15 is 0 Å². The van der Waals surface area contributed by atoms with E-state index in [-0.39, 0.29) is 5.38 Å². The molecular weight excluding hydrogens is 192 g/mol. The van der Waals surface area contributed by atoms with Crippen LogP contribution in [0.3, 0.4) is 0 Å². The number of hydrogen-bond acceptors (Lipinski definition) is 4. The van der Waals surface area contributed by atoms with E-state index in [1.807, 2.05) is 0 Å². The highest BCUT2D eigenvalue weighted by Crippen LogP contribution is 2.07. The van der Waals surface area contributed by atoms with Crippen molar-refractivity contribution in [1.29, 1.82) is 0 Å². The molecule has 0 radical (unpaired) electrons. The molecule has 0 aliphatic rings. The van der Waals surface area contributed by atoms with E-state index in [1.165, 1.54) is 12.2 Å². The fourth-order valence-corrected chi connectivity index (χ4v) is 1.05. The Bertz CT molecular complexity index is 220. The number of nitrogens with zero attached hydrogens (tertiary/aromatic N) is 2. The molecule has 0 aromatic carbocycles. The maximum absolute atomic E-state index is 9.72. The van der Waals surface area contributed by atoms with Crippen LogP contribution in [0.5, 0.6) is 0 Å². The Hall–Kier alpha value is -0.950. The van der Waals surface area contributed by atoms with Crippen LogP contribution < -0.4 is 0 Å². The van der Waals surface area contributed by atoms with Gasteiger partial charge in [0.15, 0.2) is 0 Å². The summed E-state index contributed by atoms with van der Waals surface area (Å²) in [6, 6.07) is 0. The molecule has 72 valence electrons. The number of aliphatic imine (C=N–C) groups is 2. The predicted octanol–water partition coefficient (Wildman–Crippen LogP) is 1.44. The van der Waals surface area contributed by atoms with Crippen molar-refractivity contribution in [1.82, 2.24) is 0 Å². The summed E-state index contributed by atoms with van der Waals surface area (Å²) in [5.74, 6) is 0. The van der Waals surface area contributed by atoms with Crippen LogP contribution in [-0.4, -0.2) is 30.6 Å². The van der Waals surface area contributed by atoms with Crippen molar-refractivity contribution in [3.8, 4) is 0 Å². The lowest BCUT2D eigenvalue weighted by atomic mass is 10.2. The molecule has 1 unspecified atom stereocenters. The summed E-state index contributed by atoms with van der Waals surface area (Å²) >= 11 is 5.79. The zero-order chi connectivity index (χ0) is 9.94. The fourth-order valence-electron chi connectivity index (χ4n) is 0.830.